The minimum atomic E-state index is -1.82. The van der Waals surface area contributed by atoms with E-state index in [0.29, 0.717) is 0 Å². The molecular weight excluding hydrogens is 286 g/mol. The van der Waals surface area contributed by atoms with Gasteiger partial charge in [0.1, 0.15) is 5.65 Å². The fraction of sp³-hybridized carbons (Fsp3) is 0.400. The van der Waals surface area contributed by atoms with Crippen LogP contribution in [0.3, 0.4) is 0 Å². The van der Waals surface area contributed by atoms with Crippen molar-refractivity contribution in [1.82, 2.24) is 14.3 Å². The molecule has 0 aliphatic carbocycles. The van der Waals surface area contributed by atoms with Crippen molar-refractivity contribution in [2.45, 2.75) is 25.8 Å². The third-order valence-corrected chi connectivity index (χ3v) is 3.43. The van der Waals surface area contributed by atoms with Gasteiger partial charge < -0.3 is 14.6 Å². The number of carboxylic acids is 2. The molecule has 0 bridgehead atoms. The predicted molar refractivity (Wildman–Crippen MR) is 79.6 cm³/mol. The smallest absolute Gasteiger partial charge is 0.414 e. The van der Waals surface area contributed by atoms with Crippen LogP contribution in [0.4, 0.5) is 0 Å². The summed E-state index contributed by atoms with van der Waals surface area (Å²) < 4.78 is 2.10. The number of carbonyl (C=O) groups is 2. The fourth-order valence-corrected chi connectivity index (χ4v) is 2.41. The lowest BCUT2D eigenvalue weighted by molar-refractivity contribution is -0.159. The van der Waals surface area contributed by atoms with Gasteiger partial charge >= 0.3 is 11.9 Å². The van der Waals surface area contributed by atoms with E-state index in [1.54, 1.807) is 0 Å². The first-order valence-corrected chi connectivity index (χ1v) is 7.17. The third kappa shape index (κ3) is 4.56. The molecule has 1 aliphatic heterocycles. The van der Waals surface area contributed by atoms with Gasteiger partial charge in [-0.1, -0.05) is 12.5 Å². The van der Waals surface area contributed by atoms with Crippen LogP contribution in [0, 0.1) is 0 Å². The van der Waals surface area contributed by atoms with Crippen molar-refractivity contribution in [3.05, 3.63) is 36.3 Å². The number of pyridine rings is 1. The van der Waals surface area contributed by atoms with E-state index >= 15 is 0 Å². The highest BCUT2D eigenvalue weighted by Gasteiger charge is 2.11. The quantitative estimate of drug-likeness (QED) is 0.816. The number of piperidine rings is 1. The zero-order chi connectivity index (χ0) is 15.9. The number of fused-ring (bicyclic) bond motifs is 1. The van der Waals surface area contributed by atoms with E-state index in [-0.39, 0.29) is 0 Å². The first-order valence-electron chi connectivity index (χ1n) is 7.17. The number of hydrogen-bond acceptors (Lipinski definition) is 4. The topological polar surface area (TPSA) is 95.1 Å². The third-order valence-electron chi connectivity index (χ3n) is 3.43. The SMILES string of the molecule is O=C(O)C(=O)O.c1ccn2cc(CN3CCCCC3)nc2c1. The lowest BCUT2D eigenvalue weighted by Crippen LogP contribution is -2.29. The first kappa shape index (κ1) is 16.0. The second-order valence-corrected chi connectivity index (χ2v) is 5.15. The average molecular weight is 305 g/mol. The highest BCUT2D eigenvalue weighted by atomic mass is 16.4. The highest BCUT2D eigenvalue weighted by Crippen LogP contribution is 2.13. The molecule has 0 saturated carbocycles. The highest BCUT2D eigenvalue weighted by molar-refractivity contribution is 6.27. The van der Waals surface area contributed by atoms with Crippen LogP contribution in [-0.2, 0) is 16.1 Å². The second kappa shape index (κ2) is 7.56. The maximum atomic E-state index is 9.10. The van der Waals surface area contributed by atoms with Crippen LogP contribution in [0.5, 0.6) is 0 Å². The van der Waals surface area contributed by atoms with Gasteiger partial charge in [-0.15, -0.1) is 0 Å². The first-order chi connectivity index (χ1) is 10.6. The molecule has 0 amide bonds. The Hall–Kier alpha value is -2.41. The van der Waals surface area contributed by atoms with Crippen LogP contribution in [-0.4, -0.2) is 49.5 Å². The Kier molecular flexibility index (Phi) is 5.48. The van der Waals surface area contributed by atoms with Crippen molar-refractivity contribution in [1.29, 1.82) is 0 Å². The average Bonchev–Trinajstić information content (AvgIpc) is 2.91. The number of aromatic nitrogens is 2. The van der Waals surface area contributed by atoms with Gasteiger partial charge in [-0.2, -0.15) is 0 Å². The van der Waals surface area contributed by atoms with Gasteiger partial charge in [0.2, 0.25) is 0 Å². The standard InChI is InChI=1S/C13H17N3.C2H2O4/c1-3-7-15(8-4-1)10-12-11-16-9-5-2-6-13(16)14-12;3-1(4)2(5)6/h2,5-6,9,11H,1,3-4,7-8,10H2;(H,3,4)(H,5,6). The van der Waals surface area contributed by atoms with Gasteiger partial charge in [0.15, 0.2) is 0 Å². The van der Waals surface area contributed by atoms with Gasteiger partial charge in [-0.05, 0) is 38.1 Å². The van der Waals surface area contributed by atoms with Crippen molar-refractivity contribution in [2.24, 2.45) is 0 Å². The minimum absolute atomic E-state index is 1.00. The van der Waals surface area contributed by atoms with Crippen molar-refractivity contribution in [3.8, 4) is 0 Å². The molecule has 7 heteroatoms. The number of imidazole rings is 1. The van der Waals surface area contributed by atoms with Crippen LogP contribution >= 0.6 is 0 Å². The van der Waals surface area contributed by atoms with Crippen molar-refractivity contribution < 1.29 is 19.8 Å². The summed E-state index contributed by atoms with van der Waals surface area (Å²) in [6.45, 7) is 3.46. The largest absolute Gasteiger partial charge is 0.473 e. The van der Waals surface area contributed by atoms with E-state index in [1.165, 1.54) is 38.0 Å². The summed E-state index contributed by atoms with van der Waals surface area (Å²) in [6.07, 6.45) is 8.27. The number of likely N-dealkylation sites (tertiary alicyclic amines) is 1. The molecule has 0 unspecified atom stereocenters. The molecule has 3 rings (SSSR count). The van der Waals surface area contributed by atoms with Crippen LogP contribution in [0.1, 0.15) is 25.0 Å². The number of hydrogen-bond donors (Lipinski definition) is 2. The molecule has 22 heavy (non-hydrogen) atoms. The molecule has 7 nitrogen and oxygen atoms in total. The molecule has 0 spiro atoms. The van der Waals surface area contributed by atoms with Gasteiger partial charge in [-0.3, -0.25) is 4.90 Å². The van der Waals surface area contributed by atoms with Gasteiger partial charge in [-0.25, -0.2) is 14.6 Å². The molecule has 118 valence electrons. The molecule has 1 aliphatic rings. The van der Waals surface area contributed by atoms with Gasteiger partial charge in [0.05, 0.1) is 5.69 Å². The van der Waals surface area contributed by atoms with Crippen molar-refractivity contribution in [2.75, 3.05) is 13.1 Å². The fourth-order valence-electron chi connectivity index (χ4n) is 2.41. The predicted octanol–water partition coefficient (Wildman–Crippen LogP) is 1.48. The summed E-state index contributed by atoms with van der Waals surface area (Å²) in [7, 11) is 0. The van der Waals surface area contributed by atoms with E-state index in [2.05, 4.69) is 32.7 Å². The molecule has 2 aromatic heterocycles. The summed E-state index contributed by atoms with van der Waals surface area (Å²) in [6, 6.07) is 6.13. The van der Waals surface area contributed by atoms with E-state index in [4.69, 9.17) is 19.8 Å². The molecule has 0 radical (unpaired) electrons. The number of nitrogens with zero attached hydrogens (tertiary/aromatic N) is 3. The molecular formula is C15H19N3O4. The van der Waals surface area contributed by atoms with Crippen molar-refractivity contribution in [3.63, 3.8) is 0 Å². The van der Waals surface area contributed by atoms with Crippen LogP contribution in [0.2, 0.25) is 0 Å². The number of aliphatic carboxylic acids is 2. The number of rotatable bonds is 2. The lowest BCUT2D eigenvalue weighted by atomic mass is 10.1. The molecule has 3 heterocycles. The van der Waals surface area contributed by atoms with Crippen LogP contribution in [0.25, 0.3) is 5.65 Å². The Bertz CT molecular complexity index is 602. The summed E-state index contributed by atoms with van der Waals surface area (Å²) in [4.78, 5) is 25.3. The molecule has 0 aromatic carbocycles. The zero-order valence-electron chi connectivity index (χ0n) is 12.2. The Morgan fingerprint density at radius 3 is 2.36 bits per heavy atom. The molecule has 1 saturated heterocycles. The maximum Gasteiger partial charge on any atom is 0.414 e. The van der Waals surface area contributed by atoms with E-state index in [9.17, 15) is 0 Å². The Morgan fingerprint density at radius 1 is 1.09 bits per heavy atom. The zero-order valence-corrected chi connectivity index (χ0v) is 12.2. The summed E-state index contributed by atoms with van der Waals surface area (Å²) in [5.74, 6) is -3.65. The Labute approximate surface area is 127 Å². The second-order valence-electron chi connectivity index (χ2n) is 5.15. The van der Waals surface area contributed by atoms with Gasteiger partial charge in [0.25, 0.3) is 0 Å². The van der Waals surface area contributed by atoms with Crippen molar-refractivity contribution >= 4 is 17.6 Å². The normalized spacial score (nSPS) is 15.1. The monoisotopic (exact) mass is 305 g/mol. The Morgan fingerprint density at radius 2 is 1.77 bits per heavy atom. The van der Waals surface area contributed by atoms with E-state index in [0.717, 1.165) is 12.2 Å². The lowest BCUT2D eigenvalue weighted by Gasteiger charge is -2.25. The number of carboxylic acid groups (broad SMARTS) is 2. The summed E-state index contributed by atoms with van der Waals surface area (Å²) >= 11 is 0. The molecule has 2 N–H and O–H groups in total. The Balaban J connectivity index is 0.000000254. The minimum Gasteiger partial charge on any atom is -0.473 e. The molecule has 1 fully saturated rings. The molecule has 0 atom stereocenters. The summed E-state index contributed by atoms with van der Waals surface area (Å²) in [5.41, 5.74) is 2.24. The van der Waals surface area contributed by atoms with E-state index < -0.39 is 11.9 Å². The van der Waals surface area contributed by atoms with Gasteiger partial charge in [0, 0.05) is 18.9 Å². The van der Waals surface area contributed by atoms with Crippen LogP contribution < -0.4 is 0 Å². The molecule has 2 aromatic rings. The summed E-state index contributed by atoms with van der Waals surface area (Å²) in [5, 5.41) is 14.8. The maximum absolute atomic E-state index is 9.10. The van der Waals surface area contributed by atoms with E-state index in [1.807, 2.05) is 12.1 Å². The van der Waals surface area contributed by atoms with Crippen LogP contribution in [0.15, 0.2) is 30.6 Å².